The van der Waals surface area contributed by atoms with Crippen molar-refractivity contribution in [2.75, 3.05) is 0 Å². The minimum absolute atomic E-state index is 0.0175. The van der Waals surface area contributed by atoms with Gasteiger partial charge >= 0.3 is 0 Å². The second-order valence-corrected chi connectivity index (χ2v) is 5.87. The lowest BCUT2D eigenvalue weighted by atomic mass is 10.1. The Morgan fingerprint density at radius 1 is 1.45 bits per heavy atom. The Bertz CT molecular complexity index is 676. The fourth-order valence-corrected chi connectivity index (χ4v) is 2.84. The highest BCUT2D eigenvalue weighted by atomic mass is 19.1. The van der Waals surface area contributed by atoms with Crippen molar-refractivity contribution in [1.82, 2.24) is 10.5 Å². The van der Waals surface area contributed by atoms with Crippen LogP contribution in [0.3, 0.4) is 0 Å². The van der Waals surface area contributed by atoms with Crippen LogP contribution >= 0.6 is 0 Å². The molecule has 1 heterocycles. The lowest BCUT2D eigenvalue weighted by molar-refractivity contribution is -0.121. The molecule has 2 aromatic rings. The van der Waals surface area contributed by atoms with Crippen molar-refractivity contribution in [3.05, 3.63) is 52.7 Å². The fourth-order valence-electron chi connectivity index (χ4n) is 2.84. The van der Waals surface area contributed by atoms with E-state index in [4.69, 9.17) is 4.52 Å². The molecule has 1 saturated carbocycles. The molecule has 22 heavy (non-hydrogen) atoms. The first kappa shape index (κ1) is 14.8. The molecule has 1 aliphatic rings. The van der Waals surface area contributed by atoms with Crippen LogP contribution in [0.25, 0.3) is 0 Å². The minimum Gasteiger partial charge on any atom is -0.361 e. The number of halogens is 1. The van der Waals surface area contributed by atoms with E-state index in [1.165, 1.54) is 6.07 Å². The van der Waals surface area contributed by atoms with Gasteiger partial charge in [0.25, 0.3) is 0 Å². The van der Waals surface area contributed by atoms with Crippen molar-refractivity contribution < 1.29 is 13.7 Å². The van der Waals surface area contributed by atoms with E-state index in [1.807, 2.05) is 19.9 Å². The molecule has 1 aromatic heterocycles. The van der Waals surface area contributed by atoms with Crippen molar-refractivity contribution in [2.45, 2.75) is 45.1 Å². The Kier molecular flexibility index (Phi) is 3.96. The number of hydrogen-bond donors (Lipinski definition) is 1. The van der Waals surface area contributed by atoms with Gasteiger partial charge in [0.1, 0.15) is 11.6 Å². The maximum Gasteiger partial charge on any atom is 0.220 e. The molecule has 1 N–H and O–H groups in total. The minimum atomic E-state index is -0.229. The highest BCUT2D eigenvalue weighted by Crippen LogP contribution is 2.40. The maximum absolute atomic E-state index is 13.2. The molecule has 5 heteroatoms. The Morgan fingerprint density at radius 2 is 2.27 bits per heavy atom. The molecular formula is C17H19FN2O2. The maximum atomic E-state index is 13.2. The Labute approximate surface area is 128 Å². The van der Waals surface area contributed by atoms with Crippen LogP contribution in [0.2, 0.25) is 0 Å². The largest absolute Gasteiger partial charge is 0.361 e. The van der Waals surface area contributed by atoms with E-state index < -0.39 is 0 Å². The van der Waals surface area contributed by atoms with Gasteiger partial charge in [0, 0.05) is 23.9 Å². The number of carbonyl (C=O) groups excluding carboxylic acids is 1. The molecule has 1 fully saturated rings. The predicted octanol–water partition coefficient (Wildman–Crippen LogP) is 3.04. The quantitative estimate of drug-likeness (QED) is 0.923. The fraction of sp³-hybridized carbons (Fsp3) is 0.412. The van der Waals surface area contributed by atoms with Gasteiger partial charge in [0.2, 0.25) is 5.91 Å². The molecule has 0 saturated heterocycles. The summed E-state index contributed by atoms with van der Waals surface area (Å²) in [5.74, 6) is 0.796. The van der Waals surface area contributed by atoms with Gasteiger partial charge in [-0.25, -0.2) is 4.39 Å². The number of nitrogens with one attached hydrogen (secondary N) is 1. The second-order valence-electron chi connectivity index (χ2n) is 5.87. The summed E-state index contributed by atoms with van der Waals surface area (Å²) >= 11 is 0. The highest BCUT2D eigenvalue weighted by Gasteiger charge is 2.39. The lowest BCUT2D eigenvalue weighted by Crippen LogP contribution is -2.26. The van der Waals surface area contributed by atoms with Gasteiger partial charge in [0.15, 0.2) is 0 Å². The second kappa shape index (κ2) is 5.91. The molecule has 1 amide bonds. The third kappa shape index (κ3) is 3.18. The smallest absolute Gasteiger partial charge is 0.220 e. The molecule has 0 unspecified atom stereocenters. The summed E-state index contributed by atoms with van der Waals surface area (Å²) in [5, 5.41) is 6.90. The molecule has 1 aromatic carbocycles. The summed E-state index contributed by atoms with van der Waals surface area (Å²) in [7, 11) is 0. The van der Waals surface area contributed by atoms with Crippen LogP contribution in [0.4, 0.5) is 4.39 Å². The van der Waals surface area contributed by atoms with Gasteiger partial charge in [-0.15, -0.1) is 0 Å². The molecule has 4 nitrogen and oxygen atoms in total. The highest BCUT2D eigenvalue weighted by molar-refractivity contribution is 5.77. The topological polar surface area (TPSA) is 55.1 Å². The summed E-state index contributed by atoms with van der Waals surface area (Å²) < 4.78 is 18.3. The number of benzene rings is 1. The van der Waals surface area contributed by atoms with Crippen LogP contribution in [0, 0.1) is 19.7 Å². The van der Waals surface area contributed by atoms with Crippen LogP contribution in [0.5, 0.6) is 0 Å². The van der Waals surface area contributed by atoms with Gasteiger partial charge in [0.05, 0.1) is 5.69 Å². The van der Waals surface area contributed by atoms with E-state index in [1.54, 1.807) is 12.1 Å². The van der Waals surface area contributed by atoms with E-state index in [2.05, 4.69) is 10.5 Å². The summed E-state index contributed by atoms with van der Waals surface area (Å²) in [6.07, 6.45) is 1.92. The van der Waals surface area contributed by atoms with Crippen LogP contribution in [0.15, 0.2) is 28.8 Å². The Balaban J connectivity index is 1.50. The number of rotatable bonds is 5. The molecule has 3 rings (SSSR count). The summed E-state index contributed by atoms with van der Waals surface area (Å²) in [4.78, 5) is 12.0. The monoisotopic (exact) mass is 302 g/mol. The number of nitrogens with zero attached hydrogens (tertiary/aromatic N) is 1. The predicted molar refractivity (Wildman–Crippen MR) is 80.0 cm³/mol. The zero-order valence-corrected chi connectivity index (χ0v) is 12.7. The molecule has 116 valence electrons. The number of hydrogen-bond acceptors (Lipinski definition) is 3. The average Bonchev–Trinajstić information content (AvgIpc) is 3.16. The van der Waals surface area contributed by atoms with E-state index in [9.17, 15) is 9.18 Å². The summed E-state index contributed by atoms with van der Waals surface area (Å²) in [6, 6.07) is 6.71. The lowest BCUT2D eigenvalue weighted by Gasteiger charge is -2.05. The normalized spacial score (nSPS) is 20.0. The van der Waals surface area contributed by atoms with Crippen molar-refractivity contribution >= 4 is 5.91 Å². The molecule has 0 radical (unpaired) electrons. The van der Waals surface area contributed by atoms with Gasteiger partial charge in [-0.2, -0.15) is 0 Å². The third-order valence-electron chi connectivity index (χ3n) is 4.20. The van der Waals surface area contributed by atoms with E-state index >= 15 is 0 Å². The summed E-state index contributed by atoms with van der Waals surface area (Å²) in [6.45, 7) is 3.73. The average molecular weight is 302 g/mol. The van der Waals surface area contributed by atoms with Gasteiger partial charge < -0.3 is 9.84 Å². The number of amides is 1. The van der Waals surface area contributed by atoms with Crippen LogP contribution in [-0.2, 0) is 11.2 Å². The van der Waals surface area contributed by atoms with E-state index in [0.717, 1.165) is 29.0 Å². The number of aryl methyl sites for hydroxylation is 2. The molecule has 2 atom stereocenters. The first-order valence-corrected chi connectivity index (χ1v) is 7.51. The molecule has 0 aliphatic heterocycles. The van der Waals surface area contributed by atoms with Crippen molar-refractivity contribution in [2.24, 2.45) is 0 Å². The van der Waals surface area contributed by atoms with Gasteiger partial charge in [-0.3, -0.25) is 4.79 Å². The first-order chi connectivity index (χ1) is 10.5. The first-order valence-electron chi connectivity index (χ1n) is 7.51. The summed E-state index contributed by atoms with van der Waals surface area (Å²) in [5.41, 5.74) is 2.80. The third-order valence-corrected chi connectivity index (χ3v) is 4.20. The van der Waals surface area contributed by atoms with Crippen molar-refractivity contribution in [3.63, 3.8) is 0 Å². The molecule has 1 aliphatic carbocycles. The SMILES string of the molecule is Cc1noc(C)c1CCC(=O)N[C@@H]1C[C@H]1c1cccc(F)c1. The zero-order valence-electron chi connectivity index (χ0n) is 12.7. The Morgan fingerprint density at radius 3 is 2.95 bits per heavy atom. The van der Waals surface area contributed by atoms with Gasteiger partial charge in [-0.05, 0) is 44.4 Å². The number of aromatic nitrogens is 1. The van der Waals surface area contributed by atoms with Crippen LogP contribution < -0.4 is 5.32 Å². The van der Waals surface area contributed by atoms with Crippen LogP contribution in [0.1, 0.15) is 41.3 Å². The van der Waals surface area contributed by atoms with Crippen molar-refractivity contribution in [1.29, 1.82) is 0 Å². The van der Waals surface area contributed by atoms with Gasteiger partial charge in [-0.1, -0.05) is 17.3 Å². The number of carbonyl (C=O) groups is 1. The van der Waals surface area contributed by atoms with E-state index in [0.29, 0.717) is 12.8 Å². The van der Waals surface area contributed by atoms with E-state index in [-0.39, 0.29) is 23.7 Å². The Hall–Kier alpha value is -2.17. The van der Waals surface area contributed by atoms with Crippen molar-refractivity contribution in [3.8, 4) is 0 Å². The molecule has 0 bridgehead atoms. The molecular weight excluding hydrogens is 283 g/mol. The standard InChI is InChI=1S/C17H19FN2O2/c1-10-14(11(2)22-20-10)6-7-17(21)19-16-9-15(16)12-4-3-5-13(18)8-12/h3-5,8,15-16H,6-7,9H2,1-2H3,(H,19,21)/t15-,16+/m0/s1. The zero-order chi connectivity index (χ0) is 15.7. The molecule has 0 spiro atoms. The van der Waals surface area contributed by atoms with Crippen LogP contribution in [-0.4, -0.2) is 17.1 Å².